The molecule has 0 aromatic carbocycles. The molecule has 4 rings (SSSR count). The van der Waals surface area contributed by atoms with Crippen LogP contribution >= 0.6 is 0 Å². The standard InChI is InChI=1S/C17H18N6O3/c1-9-7-11(13-10(2)22-26-16(13)21-9)17(24)23-5-6-25-12(8-23)14-15(18)20-4-3-19-14/h3-4,7,12H,5-6,8H2,1-2H3,(H2,18,20)/t12-/m1/s1. The van der Waals surface area contributed by atoms with E-state index in [1.807, 2.05) is 6.92 Å². The second-order valence-corrected chi connectivity index (χ2v) is 6.20. The first-order valence-corrected chi connectivity index (χ1v) is 8.25. The number of rotatable bonds is 2. The molecule has 0 saturated carbocycles. The third-order valence-electron chi connectivity index (χ3n) is 4.39. The van der Waals surface area contributed by atoms with Gasteiger partial charge in [-0.05, 0) is 19.9 Å². The minimum absolute atomic E-state index is 0.123. The molecule has 3 aromatic heterocycles. The van der Waals surface area contributed by atoms with Crippen LogP contribution in [-0.4, -0.2) is 50.6 Å². The van der Waals surface area contributed by atoms with Crippen LogP contribution in [0.2, 0.25) is 0 Å². The number of amides is 1. The summed E-state index contributed by atoms with van der Waals surface area (Å²) < 4.78 is 11.0. The summed E-state index contributed by atoms with van der Waals surface area (Å²) in [4.78, 5) is 27.5. The number of nitrogen functional groups attached to an aromatic ring is 1. The number of nitrogens with zero attached hydrogens (tertiary/aromatic N) is 5. The molecule has 1 amide bonds. The van der Waals surface area contributed by atoms with Crippen molar-refractivity contribution in [3.8, 4) is 0 Å². The van der Waals surface area contributed by atoms with Crippen molar-refractivity contribution in [2.24, 2.45) is 0 Å². The molecule has 0 aliphatic carbocycles. The number of morpholine rings is 1. The Hall–Kier alpha value is -3.07. The predicted octanol–water partition coefficient (Wildman–Crippen LogP) is 1.43. The number of pyridine rings is 1. The molecule has 9 nitrogen and oxygen atoms in total. The zero-order valence-electron chi connectivity index (χ0n) is 14.5. The maximum Gasteiger partial charge on any atom is 0.258 e. The summed E-state index contributed by atoms with van der Waals surface area (Å²) in [6.45, 7) is 4.82. The van der Waals surface area contributed by atoms with Gasteiger partial charge >= 0.3 is 0 Å². The predicted molar refractivity (Wildman–Crippen MR) is 92.3 cm³/mol. The van der Waals surface area contributed by atoms with Crippen molar-refractivity contribution < 1.29 is 14.1 Å². The molecule has 9 heteroatoms. The molecule has 1 atom stereocenters. The number of hydrogen-bond acceptors (Lipinski definition) is 8. The summed E-state index contributed by atoms with van der Waals surface area (Å²) >= 11 is 0. The van der Waals surface area contributed by atoms with Gasteiger partial charge < -0.3 is 19.9 Å². The lowest BCUT2D eigenvalue weighted by Crippen LogP contribution is -2.42. The second kappa shape index (κ2) is 6.34. The number of aromatic nitrogens is 4. The summed E-state index contributed by atoms with van der Waals surface area (Å²) in [6, 6.07) is 1.76. The third kappa shape index (κ3) is 2.76. The lowest BCUT2D eigenvalue weighted by molar-refractivity contribution is -0.0244. The van der Waals surface area contributed by atoms with Crippen molar-refractivity contribution in [1.29, 1.82) is 0 Å². The Bertz CT molecular complexity index is 986. The number of nitrogens with two attached hydrogens (primary N) is 1. The van der Waals surface area contributed by atoms with Gasteiger partial charge in [0.25, 0.3) is 11.6 Å². The molecular weight excluding hydrogens is 336 g/mol. The first-order valence-electron chi connectivity index (χ1n) is 8.25. The SMILES string of the molecule is Cc1cc(C(=O)N2CCO[C@@H](c3nccnc3N)C2)c2c(C)noc2n1. The number of ether oxygens (including phenoxy) is 1. The van der Waals surface area contributed by atoms with E-state index >= 15 is 0 Å². The van der Waals surface area contributed by atoms with Gasteiger partial charge in [-0.3, -0.25) is 9.78 Å². The van der Waals surface area contributed by atoms with E-state index in [4.69, 9.17) is 15.0 Å². The van der Waals surface area contributed by atoms with Crippen LogP contribution in [0.1, 0.15) is 33.5 Å². The zero-order valence-corrected chi connectivity index (χ0v) is 14.5. The van der Waals surface area contributed by atoms with Crippen LogP contribution < -0.4 is 5.73 Å². The molecule has 3 aromatic rings. The van der Waals surface area contributed by atoms with Crippen molar-refractivity contribution in [3.63, 3.8) is 0 Å². The lowest BCUT2D eigenvalue weighted by atomic mass is 10.1. The highest BCUT2D eigenvalue weighted by atomic mass is 16.5. The summed E-state index contributed by atoms with van der Waals surface area (Å²) in [5.41, 5.74) is 8.67. The minimum Gasteiger partial charge on any atom is -0.382 e. The molecule has 1 fully saturated rings. The van der Waals surface area contributed by atoms with Gasteiger partial charge in [0.05, 0.1) is 29.8 Å². The molecule has 1 saturated heterocycles. The van der Waals surface area contributed by atoms with Gasteiger partial charge in [0.2, 0.25) is 0 Å². The fourth-order valence-corrected chi connectivity index (χ4v) is 3.16. The van der Waals surface area contributed by atoms with Gasteiger partial charge in [0, 0.05) is 24.6 Å². The van der Waals surface area contributed by atoms with Gasteiger partial charge in [0.15, 0.2) is 0 Å². The van der Waals surface area contributed by atoms with Crippen molar-refractivity contribution >= 4 is 22.8 Å². The summed E-state index contributed by atoms with van der Waals surface area (Å²) in [5, 5.41) is 4.57. The summed E-state index contributed by atoms with van der Waals surface area (Å²) in [7, 11) is 0. The molecule has 0 unspecified atom stereocenters. The number of fused-ring (bicyclic) bond motifs is 1. The monoisotopic (exact) mass is 354 g/mol. The first kappa shape index (κ1) is 16.4. The Labute approximate surface area is 149 Å². The Balaban J connectivity index is 1.67. The molecular formula is C17H18N6O3. The summed E-state index contributed by atoms with van der Waals surface area (Å²) in [5.74, 6) is 0.186. The highest BCUT2D eigenvalue weighted by Gasteiger charge is 2.30. The highest BCUT2D eigenvalue weighted by molar-refractivity contribution is 6.06. The van der Waals surface area contributed by atoms with E-state index in [-0.39, 0.29) is 5.91 Å². The molecule has 0 radical (unpaired) electrons. The fourth-order valence-electron chi connectivity index (χ4n) is 3.16. The van der Waals surface area contributed by atoms with E-state index < -0.39 is 6.10 Å². The Morgan fingerprint density at radius 2 is 2.12 bits per heavy atom. The van der Waals surface area contributed by atoms with Crippen molar-refractivity contribution in [2.45, 2.75) is 20.0 Å². The van der Waals surface area contributed by atoms with Gasteiger partial charge in [-0.1, -0.05) is 5.16 Å². The Morgan fingerprint density at radius 1 is 1.31 bits per heavy atom. The van der Waals surface area contributed by atoms with Crippen molar-refractivity contribution in [3.05, 3.63) is 41.1 Å². The second-order valence-electron chi connectivity index (χ2n) is 6.20. The molecule has 1 aliphatic heterocycles. The maximum atomic E-state index is 13.2. The lowest BCUT2D eigenvalue weighted by Gasteiger charge is -2.33. The molecule has 134 valence electrons. The van der Waals surface area contributed by atoms with Gasteiger partial charge in [-0.25, -0.2) is 9.97 Å². The van der Waals surface area contributed by atoms with Crippen LogP contribution in [0.4, 0.5) is 5.82 Å². The minimum atomic E-state index is -0.414. The van der Waals surface area contributed by atoms with E-state index in [1.165, 1.54) is 6.20 Å². The molecule has 2 N–H and O–H groups in total. The average molecular weight is 354 g/mol. The molecule has 4 heterocycles. The highest BCUT2D eigenvalue weighted by Crippen LogP contribution is 2.27. The van der Waals surface area contributed by atoms with E-state index in [1.54, 1.807) is 24.1 Å². The van der Waals surface area contributed by atoms with E-state index in [0.717, 1.165) is 0 Å². The number of hydrogen-bond donors (Lipinski definition) is 1. The van der Waals surface area contributed by atoms with Crippen molar-refractivity contribution in [2.75, 3.05) is 25.4 Å². The van der Waals surface area contributed by atoms with Crippen molar-refractivity contribution in [1.82, 2.24) is 25.0 Å². The van der Waals surface area contributed by atoms with Crippen LogP contribution in [0.3, 0.4) is 0 Å². The first-order chi connectivity index (χ1) is 12.5. The van der Waals surface area contributed by atoms with Gasteiger partial charge in [0.1, 0.15) is 17.6 Å². The fraction of sp³-hybridized carbons (Fsp3) is 0.353. The Morgan fingerprint density at radius 3 is 2.92 bits per heavy atom. The number of carbonyl (C=O) groups is 1. The van der Waals surface area contributed by atoms with Crippen LogP contribution in [0.5, 0.6) is 0 Å². The molecule has 0 bridgehead atoms. The normalized spacial score (nSPS) is 17.6. The Kier molecular flexibility index (Phi) is 4.00. The van der Waals surface area contributed by atoms with Crippen LogP contribution in [0, 0.1) is 13.8 Å². The van der Waals surface area contributed by atoms with Crippen LogP contribution in [0.15, 0.2) is 23.0 Å². The van der Waals surface area contributed by atoms with E-state index in [9.17, 15) is 4.79 Å². The molecule has 1 aliphatic rings. The van der Waals surface area contributed by atoms with Gasteiger partial charge in [-0.15, -0.1) is 0 Å². The average Bonchev–Trinajstić information content (AvgIpc) is 3.01. The third-order valence-corrected chi connectivity index (χ3v) is 4.39. The topological polar surface area (TPSA) is 120 Å². The molecule has 26 heavy (non-hydrogen) atoms. The molecule has 0 spiro atoms. The maximum absolute atomic E-state index is 13.2. The van der Waals surface area contributed by atoms with Gasteiger partial charge in [-0.2, -0.15) is 0 Å². The smallest absolute Gasteiger partial charge is 0.258 e. The number of carbonyl (C=O) groups excluding carboxylic acids is 1. The number of anilines is 1. The number of aryl methyl sites for hydroxylation is 2. The van der Waals surface area contributed by atoms with Crippen LogP contribution in [0.25, 0.3) is 11.1 Å². The van der Waals surface area contributed by atoms with E-state index in [0.29, 0.717) is 59.3 Å². The van der Waals surface area contributed by atoms with Crippen LogP contribution in [-0.2, 0) is 4.74 Å². The largest absolute Gasteiger partial charge is 0.382 e. The summed E-state index contributed by atoms with van der Waals surface area (Å²) in [6.07, 6.45) is 2.67. The quantitative estimate of drug-likeness (QED) is 0.733. The van der Waals surface area contributed by atoms with E-state index in [2.05, 4.69) is 20.1 Å². The zero-order chi connectivity index (χ0) is 18.3.